The number of carbonyl (C=O) groups is 2. The van der Waals surface area contributed by atoms with E-state index in [4.69, 9.17) is 0 Å². The molecule has 0 saturated carbocycles. The molecule has 104 valence electrons. The van der Waals surface area contributed by atoms with Gasteiger partial charge in [0.25, 0.3) is 0 Å². The lowest BCUT2D eigenvalue weighted by atomic mass is 10.0. The van der Waals surface area contributed by atoms with Gasteiger partial charge >= 0.3 is 0 Å². The first-order valence-electron chi connectivity index (χ1n) is 5.60. The van der Waals surface area contributed by atoms with Crippen molar-refractivity contribution in [1.82, 2.24) is 10.0 Å². The Morgan fingerprint density at radius 3 is 2.26 bits per heavy atom. The number of rotatable bonds is 5. The van der Waals surface area contributed by atoms with Crippen LogP contribution >= 0.6 is 0 Å². The van der Waals surface area contributed by atoms with Crippen LogP contribution in [0, 0.1) is 0 Å². The Balaban J connectivity index is 2.82. The van der Waals surface area contributed by atoms with E-state index in [2.05, 4.69) is 5.32 Å². The molecular weight excluding hydrogens is 268 g/mol. The van der Waals surface area contributed by atoms with E-state index in [1.807, 2.05) is 10.8 Å². The van der Waals surface area contributed by atoms with E-state index in [-0.39, 0.29) is 12.3 Å². The van der Waals surface area contributed by atoms with Crippen LogP contribution in [-0.2, 0) is 19.6 Å². The average molecular weight is 284 g/mol. The van der Waals surface area contributed by atoms with Crippen LogP contribution < -0.4 is 10.0 Å². The molecule has 19 heavy (non-hydrogen) atoms. The highest BCUT2D eigenvalue weighted by Crippen LogP contribution is 2.16. The Morgan fingerprint density at radius 1 is 1.21 bits per heavy atom. The number of sulfonamides is 1. The number of benzene rings is 1. The highest BCUT2D eigenvalue weighted by molar-refractivity contribution is 7.89. The summed E-state index contributed by atoms with van der Waals surface area (Å²) in [5, 5.41) is 2.62. The van der Waals surface area contributed by atoms with E-state index in [9.17, 15) is 18.0 Å². The molecule has 0 spiro atoms. The highest BCUT2D eigenvalue weighted by Gasteiger charge is 2.18. The summed E-state index contributed by atoms with van der Waals surface area (Å²) in [7, 11) is -3.59. The molecule has 1 atom stereocenters. The highest BCUT2D eigenvalue weighted by atomic mass is 32.2. The van der Waals surface area contributed by atoms with Crippen molar-refractivity contribution < 1.29 is 18.0 Å². The minimum absolute atomic E-state index is 0.142. The zero-order valence-corrected chi connectivity index (χ0v) is 11.5. The van der Waals surface area contributed by atoms with Gasteiger partial charge in [-0.25, -0.2) is 8.42 Å². The van der Waals surface area contributed by atoms with Crippen LogP contribution in [0.25, 0.3) is 0 Å². The Kier molecular flexibility index (Phi) is 5.05. The number of hydrogen-bond donors (Lipinski definition) is 2. The van der Waals surface area contributed by atoms with Crippen LogP contribution in [0.15, 0.2) is 30.3 Å². The Bertz CT molecular complexity index is 554. The second-order valence-corrected chi connectivity index (χ2v) is 5.91. The molecule has 0 fully saturated rings. The second-order valence-electron chi connectivity index (χ2n) is 4.17. The fourth-order valence-electron chi connectivity index (χ4n) is 1.62. The molecule has 2 N–H and O–H groups in total. The van der Waals surface area contributed by atoms with Gasteiger partial charge in [0, 0.05) is 6.92 Å². The van der Waals surface area contributed by atoms with Crippen molar-refractivity contribution in [3.05, 3.63) is 35.9 Å². The van der Waals surface area contributed by atoms with Gasteiger partial charge in [0.15, 0.2) is 0 Å². The fourth-order valence-corrected chi connectivity index (χ4v) is 2.11. The maximum absolute atomic E-state index is 11.6. The summed E-state index contributed by atoms with van der Waals surface area (Å²) in [4.78, 5) is 22.7. The van der Waals surface area contributed by atoms with Crippen LogP contribution in [-0.4, -0.2) is 26.5 Å². The normalized spacial score (nSPS) is 12.5. The standard InChI is InChI=1S/C12H16N2O4S/c1-9(15)13-11(10-6-4-3-5-7-10)8-12(16)14-19(2,17)18/h3-7,11H,8H2,1-2H3,(H,13,15)(H,14,16). The molecule has 1 aromatic carbocycles. The van der Waals surface area contributed by atoms with Crippen molar-refractivity contribution in [2.45, 2.75) is 19.4 Å². The number of amides is 2. The minimum atomic E-state index is -3.59. The predicted octanol–water partition coefficient (Wildman–Crippen LogP) is 0.330. The topological polar surface area (TPSA) is 92.3 Å². The number of hydrogen-bond acceptors (Lipinski definition) is 4. The SMILES string of the molecule is CC(=O)NC(CC(=O)NS(C)(=O)=O)c1ccccc1. The van der Waals surface area contributed by atoms with E-state index in [1.54, 1.807) is 24.3 Å². The van der Waals surface area contributed by atoms with Crippen LogP contribution in [0.3, 0.4) is 0 Å². The molecule has 7 heteroatoms. The van der Waals surface area contributed by atoms with Gasteiger partial charge in [0.2, 0.25) is 21.8 Å². The first-order valence-corrected chi connectivity index (χ1v) is 7.50. The molecule has 0 heterocycles. The lowest BCUT2D eigenvalue weighted by Crippen LogP contribution is -2.35. The van der Waals surface area contributed by atoms with Crippen molar-refractivity contribution in [2.24, 2.45) is 0 Å². The molecule has 0 saturated heterocycles. The zero-order chi connectivity index (χ0) is 14.5. The molecular formula is C12H16N2O4S. The Morgan fingerprint density at radius 2 is 1.79 bits per heavy atom. The second kappa shape index (κ2) is 6.33. The molecule has 0 radical (unpaired) electrons. The molecule has 1 aromatic rings. The zero-order valence-electron chi connectivity index (χ0n) is 10.7. The number of carbonyl (C=O) groups excluding carboxylic acids is 2. The Labute approximate surface area is 112 Å². The van der Waals surface area contributed by atoms with Crippen LogP contribution in [0.4, 0.5) is 0 Å². The van der Waals surface area contributed by atoms with Crippen LogP contribution in [0.5, 0.6) is 0 Å². The van der Waals surface area contributed by atoms with Crippen molar-refractivity contribution in [3.63, 3.8) is 0 Å². The summed E-state index contributed by atoms with van der Waals surface area (Å²) in [5.74, 6) is -0.953. The molecule has 2 amide bonds. The third kappa shape index (κ3) is 6.01. The predicted molar refractivity (Wildman–Crippen MR) is 70.6 cm³/mol. The van der Waals surface area contributed by atoms with E-state index in [0.29, 0.717) is 0 Å². The largest absolute Gasteiger partial charge is 0.349 e. The van der Waals surface area contributed by atoms with Crippen molar-refractivity contribution in [3.8, 4) is 0 Å². The molecule has 1 rings (SSSR count). The van der Waals surface area contributed by atoms with Gasteiger partial charge in [0.1, 0.15) is 0 Å². The summed E-state index contributed by atoms with van der Waals surface area (Å²) in [5.41, 5.74) is 0.737. The van der Waals surface area contributed by atoms with Gasteiger partial charge in [-0.2, -0.15) is 0 Å². The van der Waals surface area contributed by atoms with Gasteiger partial charge < -0.3 is 5.32 Å². The number of nitrogens with one attached hydrogen (secondary N) is 2. The summed E-state index contributed by atoms with van der Waals surface area (Å²) >= 11 is 0. The summed E-state index contributed by atoms with van der Waals surface area (Å²) < 4.78 is 23.8. The summed E-state index contributed by atoms with van der Waals surface area (Å²) in [6.45, 7) is 1.34. The van der Waals surface area contributed by atoms with Crippen molar-refractivity contribution in [2.75, 3.05) is 6.26 Å². The minimum Gasteiger partial charge on any atom is -0.349 e. The van der Waals surface area contributed by atoms with Gasteiger partial charge in [-0.3, -0.25) is 14.3 Å². The van der Waals surface area contributed by atoms with Crippen molar-refractivity contribution >= 4 is 21.8 Å². The summed E-state index contributed by atoms with van der Waals surface area (Å²) in [6, 6.07) is 8.32. The van der Waals surface area contributed by atoms with Gasteiger partial charge in [-0.15, -0.1) is 0 Å². The third-order valence-electron chi connectivity index (χ3n) is 2.27. The summed E-state index contributed by atoms with van der Waals surface area (Å²) in [6.07, 6.45) is 0.761. The van der Waals surface area contributed by atoms with Gasteiger partial charge in [0.05, 0.1) is 18.7 Å². The lowest BCUT2D eigenvalue weighted by Gasteiger charge is -2.17. The van der Waals surface area contributed by atoms with Crippen LogP contribution in [0.2, 0.25) is 0 Å². The molecule has 0 aliphatic carbocycles. The maximum Gasteiger partial charge on any atom is 0.235 e. The molecule has 0 bridgehead atoms. The van der Waals surface area contributed by atoms with Gasteiger partial charge in [-0.05, 0) is 5.56 Å². The van der Waals surface area contributed by atoms with E-state index in [1.165, 1.54) is 6.92 Å². The van der Waals surface area contributed by atoms with Gasteiger partial charge in [-0.1, -0.05) is 30.3 Å². The smallest absolute Gasteiger partial charge is 0.235 e. The molecule has 0 aromatic heterocycles. The van der Waals surface area contributed by atoms with Crippen LogP contribution in [0.1, 0.15) is 24.9 Å². The Hall–Kier alpha value is -1.89. The third-order valence-corrected chi connectivity index (χ3v) is 2.87. The monoisotopic (exact) mass is 284 g/mol. The molecule has 6 nitrogen and oxygen atoms in total. The van der Waals surface area contributed by atoms with Crippen molar-refractivity contribution in [1.29, 1.82) is 0 Å². The molecule has 1 unspecified atom stereocenters. The van der Waals surface area contributed by atoms with E-state index in [0.717, 1.165) is 11.8 Å². The van der Waals surface area contributed by atoms with E-state index < -0.39 is 22.0 Å². The average Bonchev–Trinajstić information content (AvgIpc) is 2.26. The molecule has 0 aliphatic heterocycles. The quantitative estimate of drug-likeness (QED) is 0.815. The lowest BCUT2D eigenvalue weighted by molar-refractivity contribution is -0.121. The fraction of sp³-hybridized carbons (Fsp3) is 0.333. The first kappa shape index (κ1) is 15.2. The first-order chi connectivity index (χ1) is 8.78. The van der Waals surface area contributed by atoms with E-state index >= 15 is 0 Å². The maximum atomic E-state index is 11.6. The molecule has 0 aliphatic rings.